The molecule has 1 saturated heterocycles. The van der Waals surface area contributed by atoms with E-state index < -0.39 is 5.91 Å². The number of methoxy groups -OCH3 is 1. The lowest BCUT2D eigenvalue weighted by Gasteiger charge is -2.16. The fraction of sp³-hybridized carbons (Fsp3) is 0.353. The number of carbonyl (C=O) groups excluding carboxylic acids is 1. The van der Waals surface area contributed by atoms with Gasteiger partial charge in [-0.25, -0.2) is 4.98 Å². The topological polar surface area (TPSA) is 90.6 Å². The van der Waals surface area contributed by atoms with Gasteiger partial charge in [-0.05, 0) is 43.6 Å². The van der Waals surface area contributed by atoms with Crippen LogP contribution in [0, 0.1) is 0 Å². The van der Waals surface area contributed by atoms with Gasteiger partial charge in [-0.2, -0.15) is 0 Å². The molecular formula is C17H20N4O3. The lowest BCUT2D eigenvalue weighted by molar-refractivity contribution is 0.0994. The third-order valence-electron chi connectivity index (χ3n) is 3.91. The average Bonchev–Trinajstić information content (AvgIpc) is 3.08. The lowest BCUT2D eigenvalue weighted by Crippen LogP contribution is -2.18. The standard InChI is InChI=1S/C17H20N4O3/c1-23-14-5-4-12(11-21-6-2-3-7-21)8-15(14)24-16-10-19-9-13(20-16)17(18)22/h4-5,8-10H,2-3,6-7,11H2,1H3,(H2,18,22). The first-order chi connectivity index (χ1) is 11.7. The van der Waals surface area contributed by atoms with Crippen LogP contribution in [0.25, 0.3) is 0 Å². The van der Waals surface area contributed by atoms with Crippen molar-refractivity contribution in [3.05, 3.63) is 41.9 Å². The zero-order valence-electron chi connectivity index (χ0n) is 13.6. The molecule has 126 valence electrons. The minimum Gasteiger partial charge on any atom is -0.493 e. The number of amides is 1. The first-order valence-corrected chi connectivity index (χ1v) is 7.84. The first-order valence-electron chi connectivity index (χ1n) is 7.84. The molecule has 2 aromatic rings. The molecule has 1 aromatic carbocycles. The molecule has 3 rings (SSSR count). The summed E-state index contributed by atoms with van der Waals surface area (Å²) in [6.07, 6.45) is 5.22. The second-order valence-electron chi connectivity index (χ2n) is 5.68. The minimum absolute atomic E-state index is 0.0553. The van der Waals surface area contributed by atoms with Crippen molar-refractivity contribution in [3.8, 4) is 17.4 Å². The normalized spacial score (nSPS) is 14.5. The van der Waals surface area contributed by atoms with Gasteiger partial charge in [0.1, 0.15) is 5.69 Å². The van der Waals surface area contributed by atoms with Crippen LogP contribution >= 0.6 is 0 Å². The highest BCUT2D eigenvalue weighted by molar-refractivity contribution is 5.90. The van der Waals surface area contributed by atoms with Gasteiger partial charge in [0.25, 0.3) is 5.91 Å². The SMILES string of the molecule is COc1ccc(CN2CCCC2)cc1Oc1cncc(C(N)=O)n1. The molecule has 24 heavy (non-hydrogen) atoms. The van der Waals surface area contributed by atoms with E-state index in [0.717, 1.165) is 25.2 Å². The van der Waals surface area contributed by atoms with Crippen molar-refractivity contribution in [3.63, 3.8) is 0 Å². The number of nitrogens with zero attached hydrogens (tertiary/aromatic N) is 3. The van der Waals surface area contributed by atoms with Gasteiger partial charge >= 0.3 is 0 Å². The molecule has 7 heteroatoms. The van der Waals surface area contributed by atoms with Crippen LogP contribution < -0.4 is 15.2 Å². The van der Waals surface area contributed by atoms with Crippen LogP contribution in [0.4, 0.5) is 0 Å². The summed E-state index contributed by atoms with van der Waals surface area (Å²) in [6, 6.07) is 5.82. The maximum Gasteiger partial charge on any atom is 0.269 e. The van der Waals surface area contributed by atoms with Crippen molar-refractivity contribution < 1.29 is 14.3 Å². The van der Waals surface area contributed by atoms with E-state index >= 15 is 0 Å². The van der Waals surface area contributed by atoms with E-state index in [1.807, 2.05) is 18.2 Å². The summed E-state index contributed by atoms with van der Waals surface area (Å²) in [7, 11) is 1.58. The van der Waals surface area contributed by atoms with Gasteiger partial charge in [-0.15, -0.1) is 0 Å². The molecule has 0 radical (unpaired) electrons. The third-order valence-corrected chi connectivity index (χ3v) is 3.91. The highest BCUT2D eigenvalue weighted by Crippen LogP contribution is 2.32. The average molecular weight is 328 g/mol. The van der Waals surface area contributed by atoms with E-state index in [1.165, 1.54) is 25.2 Å². The Labute approximate surface area is 140 Å². The molecule has 1 aromatic heterocycles. The molecular weight excluding hydrogens is 308 g/mol. The summed E-state index contributed by atoms with van der Waals surface area (Å²) in [4.78, 5) is 21.6. The highest BCUT2D eigenvalue weighted by atomic mass is 16.5. The fourth-order valence-corrected chi connectivity index (χ4v) is 2.73. The summed E-state index contributed by atoms with van der Waals surface area (Å²) in [6.45, 7) is 3.11. The molecule has 7 nitrogen and oxygen atoms in total. The van der Waals surface area contributed by atoms with Crippen LogP contribution in [0.2, 0.25) is 0 Å². The molecule has 0 saturated carbocycles. The predicted octanol–water partition coefficient (Wildman–Crippen LogP) is 1.97. The third kappa shape index (κ3) is 3.80. The minimum atomic E-state index is -0.650. The van der Waals surface area contributed by atoms with Gasteiger partial charge in [0.05, 0.1) is 19.5 Å². The number of carbonyl (C=O) groups is 1. The van der Waals surface area contributed by atoms with Gasteiger partial charge in [-0.3, -0.25) is 14.7 Å². The number of aromatic nitrogens is 2. The van der Waals surface area contributed by atoms with Crippen molar-refractivity contribution >= 4 is 5.91 Å². The van der Waals surface area contributed by atoms with E-state index in [2.05, 4.69) is 14.9 Å². The number of primary amides is 1. The number of rotatable bonds is 6. The Morgan fingerprint density at radius 1 is 1.25 bits per heavy atom. The van der Waals surface area contributed by atoms with E-state index in [9.17, 15) is 4.79 Å². The van der Waals surface area contributed by atoms with Crippen molar-refractivity contribution in [1.29, 1.82) is 0 Å². The summed E-state index contributed by atoms with van der Waals surface area (Å²) >= 11 is 0. The van der Waals surface area contributed by atoms with Gasteiger partial charge in [0.15, 0.2) is 11.5 Å². The first kappa shape index (κ1) is 16.2. The Morgan fingerprint density at radius 3 is 2.75 bits per heavy atom. The predicted molar refractivity (Wildman–Crippen MR) is 88.1 cm³/mol. The second kappa shape index (κ2) is 7.27. The molecule has 2 heterocycles. The molecule has 2 N–H and O–H groups in total. The van der Waals surface area contributed by atoms with E-state index in [4.69, 9.17) is 15.2 Å². The van der Waals surface area contributed by atoms with Crippen molar-refractivity contribution in [2.24, 2.45) is 5.73 Å². The van der Waals surface area contributed by atoms with Gasteiger partial charge in [0, 0.05) is 6.54 Å². The fourth-order valence-electron chi connectivity index (χ4n) is 2.73. The van der Waals surface area contributed by atoms with Crippen LogP contribution in [-0.4, -0.2) is 41.0 Å². The van der Waals surface area contributed by atoms with Gasteiger partial charge < -0.3 is 15.2 Å². The Kier molecular flexibility index (Phi) is 4.90. The van der Waals surface area contributed by atoms with Crippen LogP contribution in [0.1, 0.15) is 28.9 Å². The molecule has 0 atom stereocenters. The molecule has 0 bridgehead atoms. The number of hydrogen-bond acceptors (Lipinski definition) is 6. The monoisotopic (exact) mass is 328 g/mol. The highest BCUT2D eigenvalue weighted by Gasteiger charge is 2.14. The zero-order chi connectivity index (χ0) is 16.9. The lowest BCUT2D eigenvalue weighted by atomic mass is 10.2. The van der Waals surface area contributed by atoms with Crippen LogP contribution in [0.15, 0.2) is 30.6 Å². The molecule has 1 aliphatic rings. The summed E-state index contributed by atoms with van der Waals surface area (Å²) in [5, 5.41) is 0. The van der Waals surface area contributed by atoms with E-state index in [-0.39, 0.29) is 11.6 Å². The van der Waals surface area contributed by atoms with Crippen molar-refractivity contribution in [2.75, 3.05) is 20.2 Å². The van der Waals surface area contributed by atoms with Gasteiger partial charge in [0.2, 0.25) is 5.88 Å². The Morgan fingerprint density at radius 2 is 2.04 bits per heavy atom. The Balaban J connectivity index is 1.82. The molecule has 1 fully saturated rings. The Hall–Kier alpha value is -2.67. The van der Waals surface area contributed by atoms with Crippen LogP contribution in [0.3, 0.4) is 0 Å². The summed E-state index contributed by atoms with van der Waals surface area (Å²) in [5.74, 6) is 0.669. The van der Waals surface area contributed by atoms with Crippen molar-refractivity contribution in [1.82, 2.24) is 14.9 Å². The van der Waals surface area contributed by atoms with Crippen molar-refractivity contribution in [2.45, 2.75) is 19.4 Å². The number of nitrogens with two attached hydrogens (primary N) is 1. The number of hydrogen-bond donors (Lipinski definition) is 1. The van der Waals surface area contributed by atoms with E-state index in [1.54, 1.807) is 7.11 Å². The number of ether oxygens (including phenoxy) is 2. The summed E-state index contributed by atoms with van der Waals surface area (Å²) in [5.41, 5.74) is 6.41. The molecule has 0 spiro atoms. The molecule has 1 aliphatic heterocycles. The largest absolute Gasteiger partial charge is 0.493 e. The second-order valence-corrected chi connectivity index (χ2v) is 5.68. The molecule has 0 unspecified atom stereocenters. The van der Waals surface area contributed by atoms with Crippen LogP contribution in [0.5, 0.6) is 17.4 Å². The smallest absolute Gasteiger partial charge is 0.269 e. The summed E-state index contributed by atoms with van der Waals surface area (Å²) < 4.78 is 11.1. The Bertz CT molecular complexity index is 730. The van der Waals surface area contributed by atoms with E-state index in [0.29, 0.717) is 11.5 Å². The maximum absolute atomic E-state index is 11.2. The number of likely N-dealkylation sites (tertiary alicyclic amines) is 1. The molecule has 0 aliphatic carbocycles. The zero-order valence-corrected chi connectivity index (χ0v) is 13.6. The quantitative estimate of drug-likeness (QED) is 0.872. The molecule has 1 amide bonds. The number of benzene rings is 1. The van der Waals surface area contributed by atoms with Gasteiger partial charge in [-0.1, -0.05) is 6.07 Å². The van der Waals surface area contributed by atoms with Crippen LogP contribution in [-0.2, 0) is 6.54 Å². The maximum atomic E-state index is 11.2.